The summed E-state index contributed by atoms with van der Waals surface area (Å²) in [5, 5.41) is 23.7. The Labute approximate surface area is 235 Å². The predicted octanol–water partition coefficient (Wildman–Crippen LogP) is 2.26. The van der Waals surface area contributed by atoms with Crippen LogP contribution in [0.15, 0.2) is 12.1 Å². The predicted molar refractivity (Wildman–Crippen MR) is 138 cm³/mol. The SMILES string of the molecule is CC(C)[C@H](O)C(=O)N1C[C@H](OC(C)(C)C)C[C@H]1C(=O)N[C@@H](CC(F)F)C(=O)NCCc1c(F)cc(C(=O)O)cc1F. The molecule has 14 heteroatoms. The molecule has 0 aromatic heterocycles. The van der Waals surface area contributed by atoms with Gasteiger partial charge in [-0.25, -0.2) is 22.4 Å². The average Bonchev–Trinajstić information content (AvgIpc) is 3.25. The lowest BCUT2D eigenvalue weighted by Gasteiger charge is -2.29. The summed E-state index contributed by atoms with van der Waals surface area (Å²) in [5.74, 6) is -7.02. The molecular weight excluding hydrogens is 554 g/mol. The number of carbonyl (C=O) groups is 4. The molecule has 0 aliphatic carbocycles. The summed E-state index contributed by atoms with van der Waals surface area (Å²) in [5.41, 5.74) is -1.76. The second-order valence-electron chi connectivity index (χ2n) is 11.2. The first kappa shape index (κ1) is 33.9. The Morgan fingerprint density at radius 3 is 2.20 bits per heavy atom. The average molecular weight is 592 g/mol. The van der Waals surface area contributed by atoms with E-state index in [1.807, 2.05) is 0 Å². The van der Waals surface area contributed by atoms with Crippen molar-refractivity contribution in [2.45, 2.75) is 90.2 Å². The number of hydrogen-bond acceptors (Lipinski definition) is 6. The van der Waals surface area contributed by atoms with Crippen LogP contribution < -0.4 is 10.6 Å². The Bertz CT molecular complexity index is 1100. The first-order valence-electron chi connectivity index (χ1n) is 13.1. The van der Waals surface area contributed by atoms with Crippen molar-refractivity contribution in [1.82, 2.24) is 15.5 Å². The summed E-state index contributed by atoms with van der Waals surface area (Å²) < 4.78 is 60.9. The summed E-state index contributed by atoms with van der Waals surface area (Å²) in [6.45, 7) is 8.09. The van der Waals surface area contributed by atoms with Crippen LogP contribution in [0.4, 0.5) is 17.6 Å². The van der Waals surface area contributed by atoms with Crippen LogP contribution in [0.3, 0.4) is 0 Å². The van der Waals surface area contributed by atoms with E-state index in [2.05, 4.69) is 10.6 Å². The second kappa shape index (κ2) is 14.1. The summed E-state index contributed by atoms with van der Waals surface area (Å²) in [6, 6.07) is -1.73. The van der Waals surface area contributed by atoms with Gasteiger partial charge in [-0.3, -0.25) is 14.4 Å². The van der Waals surface area contributed by atoms with Crippen molar-refractivity contribution in [2.24, 2.45) is 5.92 Å². The lowest BCUT2D eigenvalue weighted by Crippen LogP contribution is -2.55. The Kier molecular flexibility index (Phi) is 11.7. The van der Waals surface area contributed by atoms with E-state index >= 15 is 0 Å². The van der Waals surface area contributed by atoms with Crippen LogP contribution in [0.5, 0.6) is 0 Å². The van der Waals surface area contributed by atoms with E-state index in [1.54, 1.807) is 34.6 Å². The highest BCUT2D eigenvalue weighted by molar-refractivity contribution is 5.93. The Hall–Kier alpha value is -3.26. The van der Waals surface area contributed by atoms with Crippen molar-refractivity contribution in [3.8, 4) is 0 Å². The van der Waals surface area contributed by atoms with Gasteiger partial charge in [0.2, 0.25) is 18.2 Å². The van der Waals surface area contributed by atoms with Crippen molar-refractivity contribution < 1.29 is 51.7 Å². The van der Waals surface area contributed by atoms with Gasteiger partial charge in [0.05, 0.1) is 17.3 Å². The van der Waals surface area contributed by atoms with Crippen LogP contribution in [-0.4, -0.2) is 88.2 Å². The van der Waals surface area contributed by atoms with E-state index in [9.17, 15) is 41.8 Å². The molecule has 41 heavy (non-hydrogen) atoms. The molecule has 1 saturated heterocycles. The first-order chi connectivity index (χ1) is 18.9. The largest absolute Gasteiger partial charge is 0.478 e. The number of carboxylic acid groups (broad SMARTS) is 1. The highest BCUT2D eigenvalue weighted by Gasteiger charge is 2.44. The minimum atomic E-state index is -3.01. The molecule has 0 unspecified atom stereocenters. The van der Waals surface area contributed by atoms with Gasteiger partial charge in [-0.15, -0.1) is 0 Å². The van der Waals surface area contributed by atoms with Crippen LogP contribution in [0.25, 0.3) is 0 Å². The van der Waals surface area contributed by atoms with Gasteiger partial charge in [-0.2, -0.15) is 0 Å². The number of alkyl halides is 2. The summed E-state index contributed by atoms with van der Waals surface area (Å²) in [4.78, 5) is 50.9. The molecule has 0 saturated carbocycles. The molecule has 10 nitrogen and oxygen atoms in total. The van der Waals surface area contributed by atoms with Crippen LogP contribution in [-0.2, 0) is 25.5 Å². The molecule has 230 valence electrons. The van der Waals surface area contributed by atoms with Crippen molar-refractivity contribution in [3.05, 3.63) is 34.9 Å². The van der Waals surface area contributed by atoms with Crippen molar-refractivity contribution in [2.75, 3.05) is 13.1 Å². The van der Waals surface area contributed by atoms with Crippen LogP contribution >= 0.6 is 0 Å². The maximum atomic E-state index is 14.2. The van der Waals surface area contributed by atoms with Gasteiger partial charge >= 0.3 is 5.97 Å². The molecule has 0 spiro atoms. The zero-order valence-corrected chi connectivity index (χ0v) is 23.5. The van der Waals surface area contributed by atoms with Gasteiger partial charge in [-0.1, -0.05) is 13.8 Å². The highest BCUT2D eigenvalue weighted by Crippen LogP contribution is 2.27. The normalized spacial score (nSPS) is 18.9. The fraction of sp³-hybridized carbons (Fsp3) is 0.630. The van der Waals surface area contributed by atoms with E-state index in [4.69, 9.17) is 9.84 Å². The number of ether oxygens (including phenoxy) is 1. The molecule has 0 radical (unpaired) electrons. The maximum Gasteiger partial charge on any atom is 0.335 e. The number of halogens is 4. The van der Waals surface area contributed by atoms with E-state index in [1.165, 1.54) is 0 Å². The molecule has 1 heterocycles. The number of benzene rings is 1. The van der Waals surface area contributed by atoms with Gasteiger partial charge in [0.1, 0.15) is 29.8 Å². The van der Waals surface area contributed by atoms with Crippen molar-refractivity contribution in [3.63, 3.8) is 0 Å². The smallest absolute Gasteiger partial charge is 0.335 e. The van der Waals surface area contributed by atoms with Gasteiger partial charge in [0, 0.05) is 31.5 Å². The summed E-state index contributed by atoms with van der Waals surface area (Å²) in [7, 11) is 0. The molecular formula is C27H37F4N3O7. The monoisotopic (exact) mass is 591 g/mol. The summed E-state index contributed by atoms with van der Waals surface area (Å²) in [6.07, 6.45) is -6.55. The third kappa shape index (κ3) is 9.66. The highest BCUT2D eigenvalue weighted by atomic mass is 19.3. The van der Waals surface area contributed by atoms with Crippen LogP contribution in [0, 0.1) is 17.6 Å². The third-order valence-electron chi connectivity index (χ3n) is 6.36. The zero-order chi connectivity index (χ0) is 31.2. The Morgan fingerprint density at radius 2 is 1.71 bits per heavy atom. The number of nitrogens with one attached hydrogen (secondary N) is 2. The van der Waals surface area contributed by atoms with E-state index < -0.39 is 108 Å². The van der Waals surface area contributed by atoms with Crippen molar-refractivity contribution in [1.29, 1.82) is 0 Å². The Balaban J connectivity index is 2.16. The fourth-order valence-corrected chi connectivity index (χ4v) is 4.41. The number of rotatable bonds is 12. The summed E-state index contributed by atoms with van der Waals surface area (Å²) >= 11 is 0. The van der Waals surface area contributed by atoms with E-state index in [0.29, 0.717) is 12.1 Å². The number of aromatic carboxylic acids is 1. The standard InChI is InChI=1S/C27H37F4N3O7/c1-13(2)22(35)25(38)34-12-15(41-27(3,4)5)10-20(34)24(37)33-19(11-21(30)31)23(36)32-7-6-16-17(28)8-14(26(39)40)9-18(16)29/h8-9,13,15,19-22,35H,6-7,10-12H2,1-5H3,(H,32,36)(H,33,37)(H,39,40)/t15-,19+,20+,22+/m1/s1. The molecule has 0 bridgehead atoms. The number of hydrogen-bond donors (Lipinski definition) is 4. The second-order valence-corrected chi connectivity index (χ2v) is 11.2. The quantitative estimate of drug-likeness (QED) is 0.273. The molecule has 4 atom stereocenters. The Morgan fingerprint density at radius 1 is 1.12 bits per heavy atom. The fourth-order valence-electron chi connectivity index (χ4n) is 4.41. The molecule has 1 aliphatic heterocycles. The van der Waals surface area contributed by atoms with Crippen molar-refractivity contribution >= 4 is 23.7 Å². The maximum absolute atomic E-state index is 14.2. The number of aliphatic hydroxyl groups is 1. The van der Waals surface area contributed by atoms with Gasteiger partial charge in [-0.05, 0) is 45.2 Å². The number of likely N-dealkylation sites (tertiary alicyclic amines) is 1. The minimum Gasteiger partial charge on any atom is -0.478 e. The topological polar surface area (TPSA) is 145 Å². The first-order valence-corrected chi connectivity index (χ1v) is 13.1. The molecule has 1 aromatic rings. The molecule has 2 rings (SSSR count). The van der Waals surface area contributed by atoms with Crippen LogP contribution in [0.2, 0.25) is 0 Å². The molecule has 1 aliphatic rings. The third-order valence-corrected chi connectivity index (χ3v) is 6.36. The van der Waals surface area contributed by atoms with Crippen LogP contribution in [0.1, 0.15) is 63.4 Å². The molecule has 1 aromatic carbocycles. The van der Waals surface area contributed by atoms with Gasteiger partial charge < -0.3 is 30.5 Å². The lowest BCUT2D eigenvalue weighted by molar-refractivity contribution is -0.148. The van der Waals surface area contributed by atoms with Gasteiger partial charge in [0.25, 0.3) is 5.91 Å². The molecule has 4 N–H and O–H groups in total. The number of aliphatic hydroxyl groups excluding tert-OH is 1. The lowest BCUT2D eigenvalue weighted by atomic mass is 10.1. The minimum absolute atomic E-state index is 0.00638. The number of amides is 3. The number of carboxylic acids is 1. The zero-order valence-electron chi connectivity index (χ0n) is 23.5. The molecule has 3 amide bonds. The molecule has 1 fully saturated rings. The van der Waals surface area contributed by atoms with Gasteiger partial charge in [0.15, 0.2) is 0 Å². The number of nitrogens with zero attached hydrogens (tertiary/aromatic N) is 1. The number of carbonyl (C=O) groups excluding carboxylic acids is 3. The van der Waals surface area contributed by atoms with E-state index in [0.717, 1.165) is 4.90 Å². The van der Waals surface area contributed by atoms with E-state index in [-0.39, 0.29) is 13.0 Å².